The van der Waals surface area contributed by atoms with Crippen molar-refractivity contribution in [3.8, 4) is 0 Å². The number of anilines is 1. The van der Waals surface area contributed by atoms with Gasteiger partial charge in [-0.2, -0.15) is 0 Å². The van der Waals surface area contributed by atoms with Crippen LogP contribution in [0.3, 0.4) is 0 Å². The SMILES string of the molecule is CCOC(=O)c1ccc(N2C(=O)C3C=CC(C(=O)OC)=CC3=NC2=S)cc1. The lowest BCUT2D eigenvalue weighted by Crippen LogP contribution is -2.46. The van der Waals surface area contributed by atoms with Crippen LogP contribution in [0.25, 0.3) is 0 Å². The zero-order valence-electron chi connectivity index (χ0n) is 14.7. The fourth-order valence-corrected chi connectivity index (χ4v) is 3.04. The molecule has 0 radical (unpaired) electrons. The maximum atomic E-state index is 12.9. The Kier molecular flexibility index (Phi) is 5.27. The van der Waals surface area contributed by atoms with Crippen LogP contribution >= 0.6 is 12.2 Å². The largest absolute Gasteiger partial charge is 0.465 e. The number of aliphatic imine (C=N–C) groups is 1. The summed E-state index contributed by atoms with van der Waals surface area (Å²) in [6, 6.07) is 6.35. The van der Waals surface area contributed by atoms with Gasteiger partial charge in [0.15, 0.2) is 0 Å². The van der Waals surface area contributed by atoms with Crippen molar-refractivity contribution in [3.05, 3.63) is 53.6 Å². The molecule has 0 fully saturated rings. The zero-order chi connectivity index (χ0) is 19.6. The Bertz CT molecular complexity index is 915. The first-order chi connectivity index (χ1) is 13.0. The van der Waals surface area contributed by atoms with Crippen molar-refractivity contribution in [3.63, 3.8) is 0 Å². The van der Waals surface area contributed by atoms with Gasteiger partial charge in [0, 0.05) is 0 Å². The summed E-state index contributed by atoms with van der Waals surface area (Å²) >= 11 is 5.27. The molecule has 1 aromatic carbocycles. The van der Waals surface area contributed by atoms with Crippen molar-refractivity contribution in [2.45, 2.75) is 6.92 Å². The lowest BCUT2D eigenvalue weighted by Gasteiger charge is -2.30. The van der Waals surface area contributed by atoms with Gasteiger partial charge in [-0.05, 0) is 49.5 Å². The lowest BCUT2D eigenvalue weighted by atomic mass is 9.92. The minimum Gasteiger partial charge on any atom is -0.465 e. The number of thiocarbonyl (C=S) groups is 1. The number of esters is 2. The van der Waals surface area contributed by atoms with Crippen molar-refractivity contribution in [2.75, 3.05) is 18.6 Å². The molecule has 1 unspecified atom stereocenters. The molecular weight excluding hydrogens is 368 g/mol. The molecule has 0 saturated heterocycles. The van der Waals surface area contributed by atoms with Crippen molar-refractivity contribution < 1.29 is 23.9 Å². The van der Waals surface area contributed by atoms with Crippen molar-refractivity contribution in [2.24, 2.45) is 10.9 Å². The van der Waals surface area contributed by atoms with E-state index in [0.717, 1.165) is 0 Å². The Morgan fingerprint density at radius 1 is 1.22 bits per heavy atom. The second-order valence-corrected chi connectivity index (χ2v) is 6.05. The Morgan fingerprint density at radius 2 is 1.93 bits per heavy atom. The van der Waals surface area contributed by atoms with Gasteiger partial charge < -0.3 is 9.47 Å². The number of hydrogen-bond donors (Lipinski definition) is 0. The summed E-state index contributed by atoms with van der Waals surface area (Å²) in [6.45, 7) is 2.01. The van der Waals surface area contributed by atoms with Crippen LogP contribution in [-0.2, 0) is 19.1 Å². The fourth-order valence-electron chi connectivity index (χ4n) is 2.74. The molecule has 138 valence electrons. The predicted molar refractivity (Wildman–Crippen MR) is 103 cm³/mol. The van der Waals surface area contributed by atoms with Crippen molar-refractivity contribution in [1.82, 2.24) is 0 Å². The maximum absolute atomic E-state index is 12.9. The normalized spacial score (nSPS) is 18.4. The molecule has 1 heterocycles. The van der Waals surface area contributed by atoms with E-state index in [1.165, 1.54) is 24.2 Å². The molecule has 0 aromatic heterocycles. The first-order valence-electron chi connectivity index (χ1n) is 8.18. The van der Waals surface area contributed by atoms with E-state index < -0.39 is 17.9 Å². The summed E-state index contributed by atoms with van der Waals surface area (Å²) in [4.78, 5) is 41.9. The van der Waals surface area contributed by atoms with Crippen LogP contribution in [0.5, 0.6) is 0 Å². The standard InChI is InChI=1S/C19H16N2O5S/c1-3-26-18(24)11-4-7-13(8-5-11)21-16(22)14-9-6-12(17(23)25-2)10-15(14)20-19(21)27/h4-10,14H,3H2,1-2H3. The summed E-state index contributed by atoms with van der Waals surface area (Å²) in [7, 11) is 1.28. The number of hydrogen-bond acceptors (Lipinski definition) is 6. The summed E-state index contributed by atoms with van der Waals surface area (Å²) in [5, 5.41) is 0.0610. The molecule has 27 heavy (non-hydrogen) atoms. The number of carbonyl (C=O) groups is 3. The van der Waals surface area contributed by atoms with Crippen LogP contribution in [0.1, 0.15) is 17.3 Å². The molecule has 3 rings (SSSR count). The lowest BCUT2D eigenvalue weighted by molar-refractivity contribution is -0.135. The molecule has 2 aliphatic rings. The van der Waals surface area contributed by atoms with Crippen LogP contribution in [0, 0.1) is 5.92 Å². The summed E-state index contributed by atoms with van der Waals surface area (Å²) in [6.07, 6.45) is 4.63. The van der Waals surface area contributed by atoms with Gasteiger partial charge in [-0.3, -0.25) is 9.69 Å². The number of rotatable bonds is 4. The minimum absolute atomic E-state index is 0.0610. The molecule has 0 bridgehead atoms. The fraction of sp³-hybridized carbons (Fsp3) is 0.211. The van der Waals surface area contributed by atoms with Crippen LogP contribution in [0.15, 0.2) is 53.1 Å². The molecule has 7 nitrogen and oxygen atoms in total. The highest BCUT2D eigenvalue weighted by Crippen LogP contribution is 2.27. The number of carbonyl (C=O) groups excluding carboxylic acids is 3. The van der Waals surface area contributed by atoms with Gasteiger partial charge in [-0.15, -0.1) is 0 Å². The van der Waals surface area contributed by atoms with Crippen molar-refractivity contribution in [1.29, 1.82) is 0 Å². The van der Waals surface area contributed by atoms with E-state index >= 15 is 0 Å². The van der Waals surface area contributed by atoms with E-state index in [1.807, 2.05) is 0 Å². The summed E-state index contributed by atoms with van der Waals surface area (Å²) in [5.41, 5.74) is 1.57. The van der Waals surface area contributed by atoms with Gasteiger partial charge in [0.25, 0.3) is 0 Å². The molecule has 0 saturated carbocycles. The van der Waals surface area contributed by atoms with E-state index in [9.17, 15) is 14.4 Å². The molecule has 0 N–H and O–H groups in total. The Hall–Kier alpha value is -3.13. The maximum Gasteiger partial charge on any atom is 0.338 e. The number of amides is 1. The third kappa shape index (κ3) is 3.56. The number of ether oxygens (including phenoxy) is 2. The van der Waals surface area contributed by atoms with Crippen molar-refractivity contribution >= 4 is 46.6 Å². The molecule has 0 spiro atoms. The third-order valence-electron chi connectivity index (χ3n) is 4.05. The highest BCUT2D eigenvalue weighted by atomic mass is 32.1. The van der Waals surface area contributed by atoms with Gasteiger partial charge in [0.2, 0.25) is 11.0 Å². The van der Waals surface area contributed by atoms with Crippen LogP contribution in [-0.4, -0.2) is 42.4 Å². The smallest absolute Gasteiger partial charge is 0.338 e. The number of benzene rings is 1. The van der Waals surface area contributed by atoms with Crippen LogP contribution in [0.2, 0.25) is 0 Å². The number of nitrogens with zero attached hydrogens (tertiary/aromatic N) is 2. The van der Waals surface area contributed by atoms with Crippen LogP contribution in [0.4, 0.5) is 5.69 Å². The van der Waals surface area contributed by atoms with E-state index in [2.05, 4.69) is 9.73 Å². The monoisotopic (exact) mass is 384 g/mol. The Morgan fingerprint density at radius 3 is 2.56 bits per heavy atom. The first-order valence-corrected chi connectivity index (χ1v) is 8.59. The quantitative estimate of drug-likeness (QED) is 0.585. The first kappa shape index (κ1) is 18.7. The van der Waals surface area contributed by atoms with Gasteiger partial charge in [-0.25, -0.2) is 14.6 Å². The second-order valence-electron chi connectivity index (χ2n) is 5.69. The summed E-state index contributed by atoms with van der Waals surface area (Å²) < 4.78 is 9.63. The molecule has 1 aromatic rings. The average molecular weight is 384 g/mol. The molecule has 8 heteroatoms. The molecule has 1 aliphatic heterocycles. The zero-order valence-corrected chi connectivity index (χ0v) is 15.5. The highest BCUT2D eigenvalue weighted by molar-refractivity contribution is 7.80. The van der Waals surface area contributed by atoms with E-state index in [0.29, 0.717) is 22.5 Å². The Balaban J connectivity index is 1.89. The number of fused-ring (bicyclic) bond motifs is 1. The van der Waals surface area contributed by atoms with Gasteiger partial charge in [0.05, 0.1) is 42.2 Å². The Labute approximate surface area is 161 Å². The summed E-state index contributed by atoms with van der Waals surface area (Å²) in [5.74, 6) is -1.88. The van der Waals surface area contributed by atoms with Gasteiger partial charge in [-0.1, -0.05) is 12.2 Å². The number of methoxy groups -OCH3 is 1. The predicted octanol–water partition coefficient (Wildman–Crippen LogP) is 2.22. The van der Waals surface area contributed by atoms with E-state index in [-0.39, 0.29) is 17.6 Å². The van der Waals surface area contributed by atoms with E-state index in [1.54, 1.807) is 37.3 Å². The van der Waals surface area contributed by atoms with E-state index in [4.69, 9.17) is 17.0 Å². The average Bonchev–Trinajstić information content (AvgIpc) is 2.67. The second kappa shape index (κ2) is 7.63. The molecule has 1 aliphatic carbocycles. The topological polar surface area (TPSA) is 85.3 Å². The third-order valence-corrected chi connectivity index (χ3v) is 4.32. The highest BCUT2D eigenvalue weighted by Gasteiger charge is 2.36. The molecule has 1 atom stereocenters. The van der Waals surface area contributed by atoms with Gasteiger partial charge in [0.1, 0.15) is 0 Å². The number of allylic oxidation sites excluding steroid dienone is 1. The van der Waals surface area contributed by atoms with Crippen LogP contribution < -0.4 is 4.90 Å². The minimum atomic E-state index is -0.644. The molecular formula is C19H16N2O5S. The van der Waals surface area contributed by atoms with Gasteiger partial charge >= 0.3 is 11.9 Å². The molecule has 1 amide bonds.